The predicted octanol–water partition coefficient (Wildman–Crippen LogP) is 3.75. The van der Waals surface area contributed by atoms with Gasteiger partial charge in [-0.15, -0.1) is 0 Å². The van der Waals surface area contributed by atoms with Crippen LogP contribution in [0, 0.1) is 11.8 Å². The number of nitrogens with zero attached hydrogens (tertiary/aromatic N) is 2. The highest BCUT2D eigenvalue weighted by atomic mass is 35.5. The van der Waals surface area contributed by atoms with Crippen LogP contribution in [0.3, 0.4) is 0 Å². The van der Waals surface area contributed by atoms with E-state index in [0.29, 0.717) is 29.8 Å². The van der Waals surface area contributed by atoms with Crippen molar-refractivity contribution >= 4 is 35.0 Å². The average Bonchev–Trinajstić information content (AvgIpc) is 3.57. The van der Waals surface area contributed by atoms with E-state index in [1.54, 1.807) is 29.2 Å². The molecule has 0 radical (unpaired) electrons. The van der Waals surface area contributed by atoms with Crippen molar-refractivity contribution in [3.05, 3.63) is 41.4 Å². The number of nitrogens with one attached hydrogen (secondary N) is 2. The molecule has 6 atom stereocenters. The van der Waals surface area contributed by atoms with Crippen LogP contribution in [0.5, 0.6) is 0 Å². The molecule has 4 aliphatic heterocycles. The largest absolute Gasteiger partial charge is 0.359 e. The standard InChI is InChI=1S/C30H39ClN4O4/c1-19-7-5-6-16-34(19)17-18-35-26(28(37)33-21-8-3-2-4-9-21)30-15-14-23(39-30)24(25(30)29(35)38)27(36)32-22-12-10-20(31)11-13-22/h10-15,19,21,23-26H,2-9,16-18H2,1H3,(H,32,36)(H,33,37)/t19-,23+,24+,25+,26+,30+/m1/s1. The zero-order valence-electron chi connectivity index (χ0n) is 22.6. The van der Waals surface area contributed by atoms with Crippen LogP contribution in [0.25, 0.3) is 0 Å². The number of halogens is 1. The summed E-state index contributed by atoms with van der Waals surface area (Å²) in [6.45, 7) is 4.38. The molecule has 39 heavy (non-hydrogen) atoms. The van der Waals surface area contributed by atoms with Gasteiger partial charge >= 0.3 is 0 Å². The first-order chi connectivity index (χ1) is 18.9. The maximum Gasteiger partial charge on any atom is 0.246 e. The topological polar surface area (TPSA) is 91.0 Å². The highest BCUT2D eigenvalue weighted by molar-refractivity contribution is 6.30. The average molecular weight is 555 g/mol. The quantitative estimate of drug-likeness (QED) is 0.501. The summed E-state index contributed by atoms with van der Waals surface area (Å²) in [6, 6.07) is 6.69. The van der Waals surface area contributed by atoms with Crippen LogP contribution < -0.4 is 10.6 Å². The Kier molecular flexibility index (Phi) is 7.46. The van der Waals surface area contributed by atoms with Gasteiger partial charge in [-0.25, -0.2) is 0 Å². The molecule has 210 valence electrons. The normalized spacial score (nSPS) is 34.4. The Bertz CT molecular complexity index is 1140. The predicted molar refractivity (Wildman–Crippen MR) is 149 cm³/mol. The number of hydrogen-bond donors (Lipinski definition) is 2. The van der Waals surface area contributed by atoms with Crippen LogP contribution in [0.2, 0.25) is 5.02 Å². The van der Waals surface area contributed by atoms with E-state index in [2.05, 4.69) is 22.5 Å². The Morgan fingerprint density at radius 1 is 1.03 bits per heavy atom. The number of rotatable bonds is 7. The van der Waals surface area contributed by atoms with E-state index in [1.807, 2.05) is 12.2 Å². The fraction of sp³-hybridized carbons (Fsp3) is 0.633. The number of fused-ring (bicyclic) bond motifs is 1. The first kappa shape index (κ1) is 26.8. The van der Waals surface area contributed by atoms with Crippen LogP contribution in [-0.2, 0) is 19.1 Å². The van der Waals surface area contributed by atoms with E-state index in [0.717, 1.165) is 45.1 Å². The van der Waals surface area contributed by atoms with E-state index in [9.17, 15) is 14.4 Å². The molecule has 6 rings (SSSR count). The highest BCUT2D eigenvalue weighted by Crippen LogP contribution is 2.55. The van der Waals surface area contributed by atoms with Crippen molar-refractivity contribution < 1.29 is 19.1 Å². The molecule has 1 aromatic rings. The molecule has 0 unspecified atom stereocenters. The molecule has 1 aromatic carbocycles. The Morgan fingerprint density at radius 2 is 1.77 bits per heavy atom. The molecule has 2 bridgehead atoms. The number of benzene rings is 1. The van der Waals surface area contributed by atoms with Crippen molar-refractivity contribution in [1.82, 2.24) is 15.1 Å². The zero-order chi connectivity index (χ0) is 27.1. The summed E-state index contributed by atoms with van der Waals surface area (Å²) in [4.78, 5) is 45.8. The highest BCUT2D eigenvalue weighted by Gasteiger charge is 2.72. The number of carbonyl (C=O) groups excluding carboxylic acids is 3. The summed E-state index contributed by atoms with van der Waals surface area (Å²) in [5.74, 6) is -2.03. The molecule has 1 saturated carbocycles. The van der Waals surface area contributed by atoms with Crippen LogP contribution in [0.4, 0.5) is 5.69 Å². The molecule has 3 saturated heterocycles. The molecular weight excluding hydrogens is 516 g/mol. The van der Waals surface area contributed by atoms with E-state index in [4.69, 9.17) is 16.3 Å². The number of likely N-dealkylation sites (tertiary alicyclic amines) is 2. The summed E-state index contributed by atoms with van der Waals surface area (Å²) >= 11 is 6.01. The number of hydrogen-bond acceptors (Lipinski definition) is 5. The third kappa shape index (κ3) is 4.89. The minimum atomic E-state index is -1.13. The molecule has 1 spiro atoms. The van der Waals surface area contributed by atoms with Gasteiger partial charge in [0.25, 0.3) is 0 Å². The lowest BCUT2D eigenvalue weighted by Crippen LogP contribution is -2.57. The summed E-state index contributed by atoms with van der Waals surface area (Å²) in [6.07, 6.45) is 12.0. The molecule has 9 heteroatoms. The Morgan fingerprint density at radius 3 is 2.51 bits per heavy atom. The van der Waals surface area contributed by atoms with Gasteiger partial charge in [0, 0.05) is 35.9 Å². The molecule has 2 N–H and O–H groups in total. The van der Waals surface area contributed by atoms with Crippen molar-refractivity contribution in [3.8, 4) is 0 Å². The van der Waals surface area contributed by atoms with Crippen LogP contribution in [-0.4, -0.2) is 77.0 Å². The Balaban J connectivity index is 1.27. The zero-order valence-corrected chi connectivity index (χ0v) is 23.4. The second-order valence-corrected chi connectivity index (χ2v) is 12.4. The van der Waals surface area contributed by atoms with Crippen molar-refractivity contribution in [2.45, 2.75) is 88.1 Å². The number of carbonyl (C=O) groups is 3. The number of amides is 3. The lowest BCUT2D eigenvalue weighted by molar-refractivity contribution is -0.141. The van der Waals surface area contributed by atoms with Crippen molar-refractivity contribution in [3.63, 3.8) is 0 Å². The van der Waals surface area contributed by atoms with Crippen molar-refractivity contribution in [2.24, 2.45) is 11.8 Å². The molecule has 8 nitrogen and oxygen atoms in total. The summed E-state index contributed by atoms with van der Waals surface area (Å²) in [7, 11) is 0. The smallest absolute Gasteiger partial charge is 0.246 e. The first-order valence-electron chi connectivity index (χ1n) is 14.7. The fourth-order valence-corrected chi connectivity index (χ4v) is 7.65. The van der Waals surface area contributed by atoms with E-state index < -0.39 is 29.6 Å². The Hall–Kier alpha value is -2.42. The summed E-state index contributed by atoms with van der Waals surface area (Å²) in [5.41, 5.74) is -0.520. The van der Waals surface area contributed by atoms with Crippen LogP contribution in [0.15, 0.2) is 36.4 Å². The molecule has 4 heterocycles. The molecular formula is C30H39ClN4O4. The van der Waals surface area contributed by atoms with Crippen molar-refractivity contribution in [1.29, 1.82) is 0 Å². The second-order valence-electron chi connectivity index (χ2n) is 12.0. The van der Waals surface area contributed by atoms with Crippen LogP contribution in [0.1, 0.15) is 58.3 Å². The summed E-state index contributed by atoms with van der Waals surface area (Å²) < 4.78 is 6.48. The van der Waals surface area contributed by atoms with E-state index >= 15 is 0 Å². The lowest BCUT2D eigenvalue weighted by atomic mass is 9.74. The lowest BCUT2D eigenvalue weighted by Gasteiger charge is -2.37. The minimum Gasteiger partial charge on any atom is -0.359 e. The molecule has 0 aromatic heterocycles. The third-order valence-electron chi connectivity index (χ3n) is 9.56. The Labute approximate surface area is 235 Å². The molecule has 3 amide bonds. The van der Waals surface area contributed by atoms with Gasteiger partial charge in [-0.2, -0.15) is 0 Å². The van der Waals surface area contributed by atoms with E-state index in [-0.39, 0.29) is 23.8 Å². The van der Waals surface area contributed by atoms with Crippen LogP contribution >= 0.6 is 11.6 Å². The summed E-state index contributed by atoms with van der Waals surface area (Å²) in [5, 5.41) is 6.79. The monoisotopic (exact) mass is 554 g/mol. The van der Waals surface area contributed by atoms with Gasteiger partial charge in [0.1, 0.15) is 11.6 Å². The van der Waals surface area contributed by atoms with E-state index in [1.165, 1.54) is 12.8 Å². The molecule has 5 aliphatic rings. The molecule has 1 aliphatic carbocycles. The van der Waals surface area contributed by atoms with Gasteiger partial charge in [0.05, 0.1) is 17.9 Å². The van der Waals surface area contributed by atoms with Crippen molar-refractivity contribution in [2.75, 3.05) is 25.0 Å². The van der Waals surface area contributed by atoms with Gasteiger partial charge in [-0.1, -0.05) is 49.4 Å². The first-order valence-corrected chi connectivity index (χ1v) is 15.0. The SMILES string of the molecule is C[C@@H]1CCCCN1CCN1C(=O)[C@@H]2[C@@H](C(=O)Nc3ccc(Cl)cc3)[C@@H]3C=C[C@@]2(O3)[C@@H]1C(=O)NC1CCCCC1. The van der Waals surface area contributed by atoms with Gasteiger partial charge in [0.15, 0.2) is 0 Å². The molecule has 4 fully saturated rings. The maximum atomic E-state index is 14.2. The van der Waals surface area contributed by atoms with Gasteiger partial charge in [-0.3, -0.25) is 19.3 Å². The number of piperidine rings is 1. The fourth-order valence-electron chi connectivity index (χ4n) is 7.52. The van der Waals surface area contributed by atoms with Gasteiger partial charge < -0.3 is 20.3 Å². The number of ether oxygens (including phenoxy) is 1. The minimum absolute atomic E-state index is 0.118. The maximum absolute atomic E-state index is 14.2. The number of anilines is 1. The second kappa shape index (κ2) is 10.9. The van der Waals surface area contributed by atoms with Gasteiger partial charge in [0.2, 0.25) is 17.7 Å². The third-order valence-corrected chi connectivity index (χ3v) is 9.81. The van der Waals surface area contributed by atoms with Gasteiger partial charge in [-0.05, 0) is 63.4 Å².